The highest BCUT2D eigenvalue weighted by atomic mass is 32.1. The van der Waals surface area contributed by atoms with Gasteiger partial charge in [-0.25, -0.2) is 0 Å². The van der Waals surface area contributed by atoms with Crippen LogP contribution in [0, 0.1) is 0 Å². The van der Waals surface area contributed by atoms with Crippen LogP contribution in [0.4, 0.5) is 0 Å². The summed E-state index contributed by atoms with van der Waals surface area (Å²) in [6, 6.07) is -0.816. The van der Waals surface area contributed by atoms with Gasteiger partial charge in [-0.05, 0) is 0 Å². The number of nitrogens with two attached hydrogens (primary N) is 2. The normalized spacial score (nSPS) is 9.64. The Kier molecular flexibility index (Phi) is 18.2. The van der Waals surface area contributed by atoms with Crippen molar-refractivity contribution >= 4 is 25.0 Å². The zero-order valence-electron chi connectivity index (χ0n) is 5.23. The fourth-order valence-electron chi connectivity index (χ4n) is 0.0781. The van der Waals surface area contributed by atoms with E-state index in [1.165, 1.54) is 0 Å². The minimum Gasteiger partial charge on any atom is -0.480 e. The molecule has 5 N–H and O–H groups in total. The molecular weight excluding hydrogens is 168 g/mol. The van der Waals surface area contributed by atoms with Crippen molar-refractivity contribution in [2.75, 3.05) is 5.75 Å². The second-order valence-electron chi connectivity index (χ2n) is 1.26. The van der Waals surface area contributed by atoms with Crippen LogP contribution in [0.25, 0.3) is 0 Å². The number of hydrogen-bond acceptors (Lipinski definition) is 4. The molecular formula is C5H14N2O3S. The second-order valence-corrected chi connectivity index (χ2v) is 1.63. The Balaban J connectivity index is -0.000000140. The third-order valence-corrected chi connectivity index (χ3v) is 0.907. The molecule has 0 bridgehead atoms. The average molecular weight is 182 g/mol. The van der Waals surface area contributed by atoms with Gasteiger partial charge < -0.3 is 16.6 Å². The van der Waals surface area contributed by atoms with Crippen molar-refractivity contribution in [3.63, 3.8) is 0 Å². The third-order valence-electron chi connectivity index (χ3n) is 0.514. The van der Waals surface area contributed by atoms with Gasteiger partial charge >= 0.3 is 5.97 Å². The smallest absolute Gasteiger partial charge is 0.321 e. The highest BCUT2D eigenvalue weighted by Crippen LogP contribution is 1.80. The SMILES string of the molecule is C.NC=O.N[C@@H](CS)C(=O)O. The number of thiol groups is 1. The molecule has 0 saturated heterocycles. The summed E-state index contributed by atoms with van der Waals surface area (Å²) >= 11 is 3.65. The molecule has 0 rings (SSSR count). The van der Waals surface area contributed by atoms with E-state index in [1.54, 1.807) is 0 Å². The summed E-state index contributed by atoms with van der Waals surface area (Å²) < 4.78 is 0. The fraction of sp³-hybridized carbons (Fsp3) is 0.600. The van der Waals surface area contributed by atoms with Crippen molar-refractivity contribution in [3.05, 3.63) is 0 Å². The monoisotopic (exact) mass is 182 g/mol. The summed E-state index contributed by atoms with van der Waals surface area (Å²) in [7, 11) is 0. The first-order valence-electron chi connectivity index (χ1n) is 2.34. The van der Waals surface area contributed by atoms with Gasteiger partial charge in [0, 0.05) is 5.75 Å². The van der Waals surface area contributed by atoms with Crippen LogP contribution in [0.15, 0.2) is 0 Å². The lowest BCUT2D eigenvalue weighted by Gasteiger charge is -1.96. The fourth-order valence-corrected chi connectivity index (χ4v) is 0.234. The van der Waals surface area contributed by atoms with E-state index in [4.69, 9.17) is 15.6 Å². The quantitative estimate of drug-likeness (QED) is 0.327. The van der Waals surface area contributed by atoms with Gasteiger partial charge in [-0.3, -0.25) is 9.59 Å². The lowest BCUT2D eigenvalue weighted by Crippen LogP contribution is -2.31. The molecule has 0 aromatic carbocycles. The molecule has 0 heterocycles. The van der Waals surface area contributed by atoms with E-state index < -0.39 is 12.0 Å². The van der Waals surface area contributed by atoms with Crippen molar-refractivity contribution in [2.45, 2.75) is 13.5 Å². The number of carbonyl (C=O) groups is 2. The predicted octanol–water partition coefficient (Wildman–Crippen LogP) is -0.934. The summed E-state index contributed by atoms with van der Waals surface area (Å²) in [5.41, 5.74) is 9.11. The molecule has 1 amide bonds. The Morgan fingerprint density at radius 2 is 2.00 bits per heavy atom. The van der Waals surface area contributed by atoms with Gasteiger partial charge in [-0.15, -0.1) is 0 Å². The van der Waals surface area contributed by atoms with Crippen LogP contribution in [0.5, 0.6) is 0 Å². The summed E-state index contributed by atoms with van der Waals surface area (Å²) in [6.45, 7) is 0. The molecule has 5 nitrogen and oxygen atoms in total. The van der Waals surface area contributed by atoms with E-state index in [9.17, 15) is 4.79 Å². The molecule has 0 saturated carbocycles. The van der Waals surface area contributed by atoms with Crippen molar-refractivity contribution in [3.8, 4) is 0 Å². The first-order chi connectivity index (χ1) is 4.59. The maximum absolute atomic E-state index is 9.76. The van der Waals surface area contributed by atoms with E-state index >= 15 is 0 Å². The van der Waals surface area contributed by atoms with E-state index in [2.05, 4.69) is 18.4 Å². The summed E-state index contributed by atoms with van der Waals surface area (Å²) in [4.78, 5) is 18.3. The zero-order chi connectivity index (χ0) is 8.57. The van der Waals surface area contributed by atoms with Gasteiger partial charge in [-0.1, -0.05) is 7.43 Å². The van der Waals surface area contributed by atoms with Crippen LogP contribution in [0.3, 0.4) is 0 Å². The van der Waals surface area contributed by atoms with Crippen LogP contribution in [-0.2, 0) is 9.59 Å². The average Bonchev–Trinajstić information content (AvgIpc) is 1.88. The Bertz CT molecular complexity index is 110. The number of rotatable bonds is 2. The second kappa shape index (κ2) is 12.0. The standard InChI is InChI=1S/C3H7NO2S.CH3NO.CH4/c4-2(1-7)3(5)6;2-1-3;/h2,7H,1,4H2,(H,5,6);1H,(H2,2,3);1H4/t2-;;/m0../s1. The molecule has 68 valence electrons. The molecule has 11 heavy (non-hydrogen) atoms. The number of carboxylic acids is 1. The number of aliphatic carboxylic acids is 1. The molecule has 0 aromatic rings. The summed E-state index contributed by atoms with van der Waals surface area (Å²) in [5, 5.41) is 8.01. The van der Waals surface area contributed by atoms with Crippen molar-refractivity contribution in [1.82, 2.24) is 0 Å². The first kappa shape index (κ1) is 16.7. The minimum absolute atomic E-state index is 0. The van der Waals surface area contributed by atoms with Gasteiger partial charge in [0.2, 0.25) is 6.41 Å². The molecule has 0 spiro atoms. The van der Waals surface area contributed by atoms with Crippen LogP contribution >= 0.6 is 12.6 Å². The van der Waals surface area contributed by atoms with Crippen LogP contribution in [0.1, 0.15) is 7.43 Å². The molecule has 0 unspecified atom stereocenters. The molecule has 0 radical (unpaired) electrons. The van der Waals surface area contributed by atoms with Gasteiger partial charge in [0.1, 0.15) is 6.04 Å². The number of primary amides is 1. The van der Waals surface area contributed by atoms with Crippen LogP contribution in [0.2, 0.25) is 0 Å². The number of carbonyl (C=O) groups excluding carboxylic acids is 1. The molecule has 0 aliphatic carbocycles. The topological polar surface area (TPSA) is 106 Å². The molecule has 0 aliphatic heterocycles. The predicted molar refractivity (Wildman–Crippen MR) is 46.4 cm³/mol. The minimum atomic E-state index is -1.00. The van der Waals surface area contributed by atoms with Crippen LogP contribution in [-0.4, -0.2) is 29.3 Å². The van der Waals surface area contributed by atoms with Crippen molar-refractivity contribution in [1.29, 1.82) is 0 Å². The first-order valence-corrected chi connectivity index (χ1v) is 2.98. The number of carboxylic acid groups (broad SMARTS) is 1. The highest BCUT2D eigenvalue weighted by molar-refractivity contribution is 7.80. The van der Waals surface area contributed by atoms with E-state index in [0.29, 0.717) is 0 Å². The largest absolute Gasteiger partial charge is 0.480 e. The Labute approximate surface area is 71.2 Å². The lowest BCUT2D eigenvalue weighted by atomic mass is 10.4. The Hall–Kier alpha value is -0.750. The van der Waals surface area contributed by atoms with E-state index in [0.717, 1.165) is 0 Å². The van der Waals surface area contributed by atoms with Gasteiger partial charge in [0.05, 0.1) is 0 Å². The summed E-state index contributed by atoms with van der Waals surface area (Å²) in [5.74, 6) is -0.815. The Morgan fingerprint density at radius 1 is 1.73 bits per heavy atom. The number of hydrogen-bond donors (Lipinski definition) is 4. The Morgan fingerprint density at radius 3 is 2.00 bits per heavy atom. The van der Waals surface area contributed by atoms with Gasteiger partial charge in [-0.2, -0.15) is 12.6 Å². The van der Waals surface area contributed by atoms with Crippen LogP contribution < -0.4 is 11.5 Å². The molecule has 0 aliphatic rings. The molecule has 6 heteroatoms. The molecule has 0 aromatic heterocycles. The zero-order valence-corrected chi connectivity index (χ0v) is 6.12. The highest BCUT2D eigenvalue weighted by Gasteiger charge is 2.06. The van der Waals surface area contributed by atoms with E-state index in [1.807, 2.05) is 0 Å². The maximum atomic E-state index is 9.76. The van der Waals surface area contributed by atoms with E-state index in [-0.39, 0.29) is 19.6 Å². The number of amides is 1. The van der Waals surface area contributed by atoms with Gasteiger partial charge in [0.15, 0.2) is 0 Å². The van der Waals surface area contributed by atoms with Gasteiger partial charge in [0.25, 0.3) is 0 Å². The molecule has 0 fully saturated rings. The third kappa shape index (κ3) is 17.6. The lowest BCUT2D eigenvalue weighted by molar-refractivity contribution is -0.137. The summed E-state index contributed by atoms with van der Waals surface area (Å²) in [6.07, 6.45) is 0.250. The molecule has 1 atom stereocenters. The van der Waals surface area contributed by atoms with Crippen molar-refractivity contribution < 1.29 is 14.7 Å². The van der Waals surface area contributed by atoms with Crippen molar-refractivity contribution in [2.24, 2.45) is 11.5 Å². The maximum Gasteiger partial charge on any atom is 0.321 e.